The number of rotatable bonds is 4. The lowest BCUT2D eigenvalue weighted by atomic mass is 10.2. The number of pyridine rings is 1. The van der Waals surface area contributed by atoms with Gasteiger partial charge < -0.3 is 22.9 Å². The van der Waals surface area contributed by atoms with E-state index in [1.807, 2.05) is 0 Å². The maximum atomic E-state index is 12.9. The Bertz CT molecular complexity index is 1350. The Balaban J connectivity index is 1.84. The fourth-order valence-corrected chi connectivity index (χ4v) is 3.36. The number of esters is 2. The molecule has 10 heteroatoms. The Morgan fingerprint density at radius 3 is 1.97 bits per heavy atom. The van der Waals surface area contributed by atoms with Gasteiger partial charge in [-0.3, -0.25) is 4.79 Å². The van der Waals surface area contributed by atoms with Gasteiger partial charge in [0.15, 0.2) is 5.75 Å². The minimum absolute atomic E-state index is 0.0983. The van der Waals surface area contributed by atoms with E-state index in [2.05, 4.69) is 31.9 Å². The second kappa shape index (κ2) is 7.96. The van der Waals surface area contributed by atoms with Crippen molar-refractivity contribution in [1.82, 2.24) is 4.57 Å². The highest BCUT2D eigenvalue weighted by atomic mass is 79.9. The van der Waals surface area contributed by atoms with Gasteiger partial charge in [-0.15, -0.1) is 0 Å². The average Bonchev–Trinajstić information content (AvgIpc) is 3.37. The van der Waals surface area contributed by atoms with E-state index in [0.29, 0.717) is 19.8 Å². The Labute approximate surface area is 185 Å². The number of benzene rings is 1. The third-order valence-corrected chi connectivity index (χ3v) is 4.97. The average molecular weight is 537 g/mol. The van der Waals surface area contributed by atoms with Crippen molar-refractivity contribution in [2.75, 3.05) is 0 Å². The van der Waals surface area contributed by atoms with Gasteiger partial charge in [0.05, 0.1) is 14.5 Å². The smallest absolute Gasteiger partial charge is 0.379 e. The molecule has 1 aromatic carbocycles. The molecule has 0 saturated carbocycles. The fourth-order valence-electron chi connectivity index (χ4n) is 2.76. The van der Waals surface area contributed by atoms with Gasteiger partial charge in [-0.2, -0.15) is 0 Å². The number of para-hydroxylation sites is 1. The molecule has 0 amide bonds. The number of aryl methyl sites for hydroxylation is 1. The molecule has 4 aromatic rings. The molecule has 0 spiro atoms. The van der Waals surface area contributed by atoms with Gasteiger partial charge in [0.2, 0.25) is 17.3 Å². The number of aromatic nitrogens is 1. The van der Waals surface area contributed by atoms with Crippen LogP contribution < -0.4 is 15.0 Å². The van der Waals surface area contributed by atoms with Crippen LogP contribution in [0, 0.1) is 0 Å². The number of ether oxygens (including phenoxy) is 2. The van der Waals surface area contributed by atoms with E-state index in [1.165, 1.54) is 36.3 Å². The predicted octanol–water partition coefficient (Wildman–Crippen LogP) is 4.69. The first-order valence-corrected chi connectivity index (χ1v) is 9.98. The summed E-state index contributed by atoms with van der Waals surface area (Å²) < 4.78 is 23.3. The molecule has 0 aliphatic rings. The molecule has 0 unspecified atom stereocenters. The van der Waals surface area contributed by atoms with E-state index in [9.17, 15) is 14.4 Å². The molecule has 3 aromatic heterocycles. The Morgan fingerprint density at radius 1 is 0.900 bits per heavy atom. The second-order valence-corrected chi connectivity index (χ2v) is 7.91. The van der Waals surface area contributed by atoms with E-state index >= 15 is 0 Å². The van der Waals surface area contributed by atoms with E-state index in [4.69, 9.17) is 18.3 Å². The largest absolute Gasteiger partial charge is 0.456 e. The number of furan rings is 2. The van der Waals surface area contributed by atoms with Crippen LogP contribution in [0.15, 0.2) is 71.5 Å². The van der Waals surface area contributed by atoms with Crippen molar-refractivity contribution < 1.29 is 27.9 Å². The van der Waals surface area contributed by atoms with Gasteiger partial charge in [0.1, 0.15) is 12.5 Å². The monoisotopic (exact) mass is 535 g/mol. The van der Waals surface area contributed by atoms with E-state index in [-0.39, 0.29) is 17.3 Å². The summed E-state index contributed by atoms with van der Waals surface area (Å²) in [6.07, 6.45) is 2.61. The third-order valence-electron chi connectivity index (χ3n) is 4.14. The van der Waals surface area contributed by atoms with Crippen molar-refractivity contribution in [3.05, 3.63) is 79.7 Å². The summed E-state index contributed by atoms with van der Waals surface area (Å²) in [5, 5.41) is 0.391. The maximum absolute atomic E-state index is 12.9. The quantitative estimate of drug-likeness (QED) is 0.349. The molecule has 0 bridgehead atoms. The molecule has 30 heavy (non-hydrogen) atoms. The van der Waals surface area contributed by atoms with Crippen molar-refractivity contribution in [3.63, 3.8) is 0 Å². The molecule has 3 heterocycles. The molecule has 0 aliphatic heterocycles. The zero-order valence-electron chi connectivity index (χ0n) is 15.2. The number of carbonyl (C=O) groups excluding carboxylic acids is 2. The highest BCUT2D eigenvalue weighted by molar-refractivity contribution is 9.10. The zero-order valence-corrected chi connectivity index (χ0v) is 18.4. The molecular formula is C20H11Br2NO7. The van der Waals surface area contributed by atoms with Gasteiger partial charge in [-0.05, 0) is 44.0 Å². The Hall–Kier alpha value is -3.11. The highest BCUT2D eigenvalue weighted by Crippen LogP contribution is 2.34. The number of fused-ring (bicyclic) bond motifs is 1. The topological polar surface area (TPSA) is 101 Å². The highest BCUT2D eigenvalue weighted by Gasteiger charge is 2.26. The standard InChI is InChI=1S/C20H11Br2NO7/c1-23-13-5-3-2-4-12(13)16(29-19(25)14-6-10(21)8-27-14)17(18(23)24)30-20(26)15-7-11(22)9-28-15/h2-9H,1H3. The number of nitrogens with zero attached hydrogens (tertiary/aromatic N) is 1. The number of carbonyl (C=O) groups is 2. The lowest BCUT2D eigenvalue weighted by Crippen LogP contribution is -2.24. The number of halogens is 2. The van der Waals surface area contributed by atoms with E-state index < -0.39 is 23.2 Å². The SMILES string of the molecule is Cn1c(=O)c(OC(=O)c2cc(Br)co2)c(OC(=O)c2cc(Br)co2)c2ccccc21. The summed E-state index contributed by atoms with van der Waals surface area (Å²) in [5.74, 6) is -2.68. The van der Waals surface area contributed by atoms with Gasteiger partial charge in [0, 0.05) is 24.6 Å². The molecule has 0 fully saturated rings. The van der Waals surface area contributed by atoms with Gasteiger partial charge in [-0.1, -0.05) is 12.1 Å². The van der Waals surface area contributed by atoms with Gasteiger partial charge in [-0.25, -0.2) is 9.59 Å². The van der Waals surface area contributed by atoms with Crippen LogP contribution in [-0.2, 0) is 7.05 Å². The van der Waals surface area contributed by atoms with E-state index in [1.54, 1.807) is 24.3 Å². The normalized spacial score (nSPS) is 10.9. The summed E-state index contributed by atoms with van der Waals surface area (Å²) in [5.41, 5.74) is -0.192. The summed E-state index contributed by atoms with van der Waals surface area (Å²) in [6, 6.07) is 9.53. The molecular weight excluding hydrogens is 526 g/mol. The van der Waals surface area contributed by atoms with Crippen molar-refractivity contribution in [1.29, 1.82) is 0 Å². The van der Waals surface area contributed by atoms with Crippen LogP contribution >= 0.6 is 31.9 Å². The van der Waals surface area contributed by atoms with Crippen molar-refractivity contribution >= 4 is 54.7 Å². The molecule has 0 N–H and O–H groups in total. The lowest BCUT2D eigenvalue weighted by Gasteiger charge is -2.14. The molecule has 0 atom stereocenters. The summed E-state index contributed by atoms with van der Waals surface area (Å²) >= 11 is 6.35. The number of hydrogen-bond acceptors (Lipinski definition) is 7. The Kier molecular flexibility index (Phi) is 5.35. The van der Waals surface area contributed by atoms with Crippen molar-refractivity contribution in [2.24, 2.45) is 7.05 Å². The maximum Gasteiger partial charge on any atom is 0.379 e. The van der Waals surface area contributed by atoms with Gasteiger partial charge >= 0.3 is 11.9 Å². The van der Waals surface area contributed by atoms with Crippen LogP contribution in [0.2, 0.25) is 0 Å². The van der Waals surface area contributed by atoms with Crippen LogP contribution in [0.25, 0.3) is 10.9 Å². The zero-order chi connectivity index (χ0) is 21.4. The van der Waals surface area contributed by atoms with Crippen molar-refractivity contribution in [3.8, 4) is 11.5 Å². The van der Waals surface area contributed by atoms with Crippen LogP contribution in [0.5, 0.6) is 11.5 Å². The molecule has 8 nitrogen and oxygen atoms in total. The lowest BCUT2D eigenvalue weighted by molar-refractivity contribution is 0.0648. The third kappa shape index (κ3) is 3.71. The van der Waals surface area contributed by atoms with Crippen LogP contribution in [0.3, 0.4) is 0 Å². The first kappa shape index (κ1) is 20.2. The first-order valence-electron chi connectivity index (χ1n) is 8.39. The van der Waals surface area contributed by atoms with Gasteiger partial charge in [0.25, 0.3) is 5.56 Å². The van der Waals surface area contributed by atoms with Crippen LogP contribution in [-0.4, -0.2) is 16.5 Å². The second-order valence-electron chi connectivity index (χ2n) is 6.08. The molecule has 0 aliphatic carbocycles. The minimum Gasteiger partial charge on any atom is -0.456 e. The summed E-state index contributed by atoms with van der Waals surface area (Å²) in [6.45, 7) is 0. The predicted molar refractivity (Wildman–Crippen MR) is 112 cm³/mol. The van der Waals surface area contributed by atoms with Crippen molar-refractivity contribution in [2.45, 2.75) is 0 Å². The fraction of sp³-hybridized carbons (Fsp3) is 0.0500. The van der Waals surface area contributed by atoms with Crippen LogP contribution in [0.1, 0.15) is 21.1 Å². The summed E-state index contributed by atoms with van der Waals surface area (Å²) in [4.78, 5) is 38.0. The first-order chi connectivity index (χ1) is 14.3. The molecule has 4 rings (SSSR count). The molecule has 0 saturated heterocycles. The molecule has 0 radical (unpaired) electrons. The Morgan fingerprint density at radius 2 is 1.43 bits per heavy atom. The summed E-state index contributed by atoms with van der Waals surface area (Å²) in [7, 11) is 1.51. The molecule has 152 valence electrons. The minimum atomic E-state index is -0.925. The van der Waals surface area contributed by atoms with E-state index in [0.717, 1.165) is 0 Å². The number of hydrogen-bond donors (Lipinski definition) is 0. The van der Waals surface area contributed by atoms with Crippen LogP contribution in [0.4, 0.5) is 0 Å².